The van der Waals surface area contributed by atoms with Gasteiger partial charge in [0, 0.05) is 17.8 Å². The average Bonchev–Trinajstić information content (AvgIpc) is 2.60. The predicted molar refractivity (Wildman–Crippen MR) is 87.8 cm³/mol. The number of ether oxygens (including phenoxy) is 1. The van der Waals surface area contributed by atoms with Crippen LogP contribution in [0.2, 0.25) is 0 Å². The van der Waals surface area contributed by atoms with Gasteiger partial charge in [-0.05, 0) is 30.2 Å². The molecule has 0 aliphatic heterocycles. The maximum Gasteiger partial charge on any atom is 0.338 e. The van der Waals surface area contributed by atoms with Crippen LogP contribution in [-0.4, -0.2) is 23.4 Å². The van der Waals surface area contributed by atoms with Crippen LogP contribution in [0.25, 0.3) is 0 Å². The highest BCUT2D eigenvalue weighted by molar-refractivity contribution is 5.95. The van der Waals surface area contributed by atoms with Crippen molar-refractivity contribution in [2.75, 3.05) is 11.9 Å². The van der Waals surface area contributed by atoms with Crippen molar-refractivity contribution in [3.8, 4) is 0 Å². The Kier molecular flexibility index (Phi) is 5.62. The molecule has 0 atom stereocenters. The zero-order valence-electron chi connectivity index (χ0n) is 13.0. The van der Waals surface area contributed by atoms with E-state index in [0.29, 0.717) is 5.69 Å². The quantitative estimate of drug-likeness (QED) is 0.499. The molecule has 7 nitrogen and oxygen atoms in total. The van der Waals surface area contributed by atoms with Gasteiger partial charge in [0.2, 0.25) is 0 Å². The Bertz CT molecular complexity index is 773. The van der Waals surface area contributed by atoms with Gasteiger partial charge in [-0.15, -0.1) is 0 Å². The number of hydrogen-bond donors (Lipinski definition) is 1. The number of amides is 1. The van der Waals surface area contributed by atoms with E-state index < -0.39 is 23.4 Å². The molecule has 0 radical (unpaired) electrons. The van der Waals surface area contributed by atoms with Gasteiger partial charge in [-0.2, -0.15) is 0 Å². The summed E-state index contributed by atoms with van der Waals surface area (Å²) >= 11 is 0. The molecule has 2 rings (SSSR count). The number of nitro groups is 1. The molecule has 0 fully saturated rings. The summed E-state index contributed by atoms with van der Waals surface area (Å²) in [6, 6.07) is 12.5. The molecule has 0 aromatic heterocycles. The van der Waals surface area contributed by atoms with Crippen LogP contribution in [0.15, 0.2) is 48.5 Å². The van der Waals surface area contributed by atoms with Crippen LogP contribution < -0.4 is 5.32 Å². The van der Waals surface area contributed by atoms with Gasteiger partial charge < -0.3 is 10.1 Å². The van der Waals surface area contributed by atoms with E-state index in [9.17, 15) is 19.7 Å². The van der Waals surface area contributed by atoms with E-state index in [1.807, 2.05) is 25.1 Å². The number of non-ortho nitro benzene ring substituents is 1. The van der Waals surface area contributed by atoms with Crippen LogP contribution in [0.4, 0.5) is 11.4 Å². The molecule has 1 amide bonds. The summed E-state index contributed by atoms with van der Waals surface area (Å²) in [4.78, 5) is 33.8. The minimum absolute atomic E-state index is 0.0185. The monoisotopic (exact) mass is 328 g/mol. The van der Waals surface area contributed by atoms with Gasteiger partial charge in [0.05, 0.1) is 10.5 Å². The average molecular weight is 328 g/mol. The molecule has 1 N–H and O–H groups in total. The van der Waals surface area contributed by atoms with E-state index in [4.69, 9.17) is 4.74 Å². The molecular weight excluding hydrogens is 312 g/mol. The smallest absolute Gasteiger partial charge is 0.338 e. The maximum absolute atomic E-state index is 11.9. The first-order valence-electron chi connectivity index (χ1n) is 7.30. The highest BCUT2D eigenvalue weighted by atomic mass is 16.6. The molecule has 2 aromatic carbocycles. The number of nitrogens with zero attached hydrogens (tertiary/aromatic N) is 1. The fraction of sp³-hybridized carbons (Fsp3) is 0.176. The molecule has 124 valence electrons. The molecule has 0 heterocycles. The number of hydrogen-bond acceptors (Lipinski definition) is 5. The number of benzene rings is 2. The van der Waals surface area contributed by atoms with Gasteiger partial charge >= 0.3 is 5.97 Å². The maximum atomic E-state index is 11.9. The van der Waals surface area contributed by atoms with Crippen molar-refractivity contribution in [2.24, 2.45) is 0 Å². The van der Waals surface area contributed by atoms with Crippen molar-refractivity contribution in [1.82, 2.24) is 0 Å². The number of rotatable bonds is 6. The summed E-state index contributed by atoms with van der Waals surface area (Å²) in [5.74, 6) is -1.28. The minimum atomic E-state index is -0.795. The summed E-state index contributed by atoms with van der Waals surface area (Å²) in [6.45, 7) is 1.53. The van der Waals surface area contributed by atoms with Crippen molar-refractivity contribution in [3.05, 3.63) is 69.8 Å². The molecule has 0 aliphatic rings. The van der Waals surface area contributed by atoms with Crippen LogP contribution >= 0.6 is 0 Å². The van der Waals surface area contributed by atoms with Crippen LogP contribution in [0.5, 0.6) is 0 Å². The molecule has 7 heteroatoms. The van der Waals surface area contributed by atoms with Gasteiger partial charge in [-0.1, -0.05) is 25.1 Å². The molecule has 0 aliphatic carbocycles. The third-order valence-electron chi connectivity index (χ3n) is 3.25. The van der Waals surface area contributed by atoms with Crippen LogP contribution in [0, 0.1) is 10.1 Å². The van der Waals surface area contributed by atoms with Gasteiger partial charge in [-0.3, -0.25) is 14.9 Å². The highest BCUT2D eigenvalue weighted by Crippen LogP contribution is 2.14. The normalized spacial score (nSPS) is 10.0. The zero-order valence-corrected chi connectivity index (χ0v) is 13.0. The molecule has 0 unspecified atom stereocenters. The summed E-state index contributed by atoms with van der Waals surface area (Å²) in [5, 5.41) is 13.3. The molecule has 24 heavy (non-hydrogen) atoms. The first-order chi connectivity index (χ1) is 11.5. The van der Waals surface area contributed by atoms with E-state index >= 15 is 0 Å². The SMILES string of the molecule is CCc1cccc(NC(=O)COC(=O)c2cccc([N+](=O)[O-])c2)c1. The van der Waals surface area contributed by atoms with Gasteiger partial charge in [0.25, 0.3) is 11.6 Å². The lowest BCUT2D eigenvalue weighted by atomic mass is 10.1. The Hall–Kier alpha value is -3.22. The molecule has 0 saturated heterocycles. The van der Waals surface area contributed by atoms with E-state index in [-0.39, 0.29) is 11.3 Å². The standard InChI is InChI=1S/C17H16N2O5/c1-2-12-5-3-7-14(9-12)18-16(20)11-24-17(21)13-6-4-8-15(10-13)19(22)23/h3-10H,2,11H2,1H3,(H,18,20). The van der Waals surface area contributed by atoms with Gasteiger partial charge in [-0.25, -0.2) is 4.79 Å². The minimum Gasteiger partial charge on any atom is -0.452 e. The highest BCUT2D eigenvalue weighted by Gasteiger charge is 2.14. The van der Waals surface area contributed by atoms with Crippen LogP contribution in [0.1, 0.15) is 22.8 Å². The molecule has 0 saturated carbocycles. The topological polar surface area (TPSA) is 98.5 Å². The molecular formula is C17H16N2O5. The van der Waals surface area contributed by atoms with E-state index in [1.54, 1.807) is 6.07 Å². The lowest BCUT2D eigenvalue weighted by Gasteiger charge is -2.07. The molecule has 2 aromatic rings. The third kappa shape index (κ3) is 4.64. The molecule has 0 spiro atoms. The Morgan fingerprint density at radius 2 is 1.92 bits per heavy atom. The summed E-state index contributed by atoms with van der Waals surface area (Å²) < 4.78 is 4.88. The number of esters is 1. The van der Waals surface area contributed by atoms with Crippen molar-refractivity contribution in [3.63, 3.8) is 0 Å². The lowest BCUT2D eigenvalue weighted by Crippen LogP contribution is -2.21. The Morgan fingerprint density at radius 1 is 1.17 bits per heavy atom. The fourth-order valence-electron chi connectivity index (χ4n) is 2.03. The number of carbonyl (C=O) groups excluding carboxylic acids is 2. The van der Waals surface area contributed by atoms with E-state index in [1.165, 1.54) is 18.2 Å². The second kappa shape index (κ2) is 7.87. The Balaban J connectivity index is 1.92. The number of anilines is 1. The van der Waals surface area contributed by atoms with Crippen molar-refractivity contribution in [2.45, 2.75) is 13.3 Å². The van der Waals surface area contributed by atoms with Crippen molar-refractivity contribution >= 4 is 23.3 Å². The number of nitrogens with one attached hydrogen (secondary N) is 1. The largest absolute Gasteiger partial charge is 0.452 e. The summed E-state index contributed by atoms with van der Waals surface area (Å²) in [6.07, 6.45) is 0.839. The van der Waals surface area contributed by atoms with Crippen LogP contribution in [0.3, 0.4) is 0 Å². The summed E-state index contributed by atoms with van der Waals surface area (Å²) in [5.41, 5.74) is 1.49. The number of carbonyl (C=O) groups is 2. The Labute approximate surface area is 138 Å². The van der Waals surface area contributed by atoms with Crippen LogP contribution in [-0.2, 0) is 16.0 Å². The second-order valence-electron chi connectivity index (χ2n) is 4.99. The van der Waals surface area contributed by atoms with Crippen molar-refractivity contribution < 1.29 is 19.2 Å². The first-order valence-corrected chi connectivity index (χ1v) is 7.30. The first kappa shape index (κ1) is 17.1. The number of aryl methyl sites for hydroxylation is 1. The summed E-state index contributed by atoms with van der Waals surface area (Å²) in [7, 11) is 0. The predicted octanol–water partition coefficient (Wildman–Crippen LogP) is 2.95. The Morgan fingerprint density at radius 3 is 2.62 bits per heavy atom. The van der Waals surface area contributed by atoms with E-state index in [0.717, 1.165) is 18.1 Å². The second-order valence-corrected chi connectivity index (χ2v) is 4.99. The van der Waals surface area contributed by atoms with Crippen molar-refractivity contribution in [1.29, 1.82) is 0 Å². The van der Waals surface area contributed by atoms with E-state index in [2.05, 4.69) is 5.32 Å². The third-order valence-corrected chi connectivity index (χ3v) is 3.25. The van der Waals surface area contributed by atoms with Gasteiger partial charge in [0.1, 0.15) is 0 Å². The number of nitro benzene ring substituents is 1. The van der Waals surface area contributed by atoms with Gasteiger partial charge in [0.15, 0.2) is 6.61 Å². The molecule has 0 bridgehead atoms. The zero-order chi connectivity index (χ0) is 17.5. The lowest BCUT2D eigenvalue weighted by molar-refractivity contribution is -0.384. The fourth-order valence-corrected chi connectivity index (χ4v) is 2.03.